The molecule has 1 aromatic heterocycles. The molecule has 3 heteroatoms. The first-order valence-electron chi connectivity index (χ1n) is 5.84. The van der Waals surface area contributed by atoms with Gasteiger partial charge in [0.05, 0.1) is 11.4 Å². The standard InChI is InChI=1S/C14H19NO2/c1-9(15)12-13(17-14(2,3)4)10-7-5-6-8-11(10)16-12/h5-9H,15H2,1-4H3. The monoisotopic (exact) mass is 233 g/mol. The summed E-state index contributed by atoms with van der Waals surface area (Å²) in [4.78, 5) is 0. The van der Waals surface area contributed by atoms with E-state index in [4.69, 9.17) is 14.9 Å². The molecule has 0 saturated carbocycles. The summed E-state index contributed by atoms with van der Waals surface area (Å²) >= 11 is 0. The van der Waals surface area contributed by atoms with Crippen molar-refractivity contribution < 1.29 is 9.15 Å². The number of para-hydroxylation sites is 1. The lowest BCUT2D eigenvalue weighted by Gasteiger charge is -2.21. The van der Waals surface area contributed by atoms with Crippen LogP contribution in [-0.4, -0.2) is 5.60 Å². The molecular weight excluding hydrogens is 214 g/mol. The number of hydrogen-bond donors (Lipinski definition) is 1. The van der Waals surface area contributed by atoms with E-state index in [0.717, 1.165) is 16.7 Å². The molecule has 2 aromatic rings. The Morgan fingerprint density at radius 1 is 1.24 bits per heavy atom. The van der Waals surface area contributed by atoms with Crippen LogP contribution in [0.15, 0.2) is 28.7 Å². The third-order valence-electron chi connectivity index (χ3n) is 2.40. The van der Waals surface area contributed by atoms with E-state index in [9.17, 15) is 0 Å². The molecule has 1 aromatic carbocycles. The fourth-order valence-corrected chi connectivity index (χ4v) is 1.75. The van der Waals surface area contributed by atoms with Gasteiger partial charge in [-0.2, -0.15) is 0 Å². The van der Waals surface area contributed by atoms with Gasteiger partial charge in [0.25, 0.3) is 0 Å². The smallest absolute Gasteiger partial charge is 0.170 e. The van der Waals surface area contributed by atoms with E-state index in [1.165, 1.54) is 0 Å². The number of fused-ring (bicyclic) bond motifs is 1. The zero-order chi connectivity index (χ0) is 12.6. The Kier molecular flexibility index (Phi) is 2.87. The summed E-state index contributed by atoms with van der Waals surface area (Å²) in [5.74, 6) is 1.48. The van der Waals surface area contributed by atoms with Crippen LogP contribution < -0.4 is 10.5 Å². The molecule has 1 heterocycles. The van der Waals surface area contributed by atoms with Gasteiger partial charge in [-0.1, -0.05) is 12.1 Å². The van der Waals surface area contributed by atoms with Crippen molar-refractivity contribution in [3.8, 4) is 5.75 Å². The molecule has 0 aliphatic carbocycles. The summed E-state index contributed by atoms with van der Waals surface area (Å²) in [5.41, 5.74) is 6.47. The van der Waals surface area contributed by atoms with Crippen LogP contribution in [0.3, 0.4) is 0 Å². The summed E-state index contributed by atoms with van der Waals surface area (Å²) in [6, 6.07) is 7.65. The lowest BCUT2D eigenvalue weighted by Crippen LogP contribution is -2.24. The van der Waals surface area contributed by atoms with E-state index < -0.39 is 0 Å². The molecule has 0 amide bonds. The number of ether oxygens (including phenoxy) is 1. The van der Waals surface area contributed by atoms with Crippen molar-refractivity contribution in [2.24, 2.45) is 5.73 Å². The Balaban J connectivity index is 2.60. The zero-order valence-electron chi connectivity index (χ0n) is 10.8. The molecule has 0 saturated heterocycles. The van der Waals surface area contributed by atoms with Crippen LogP contribution in [0, 0.1) is 0 Å². The van der Waals surface area contributed by atoms with Crippen LogP contribution in [-0.2, 0) is 0 Å². The normalized spacial score (nSPS) is 13.9. The second-order valence-corrected chi connectivity index (χ2v) is 5.29. The van der Waals surface area contributed by atoms with E-state index in [1.807, 2.05) is 52.0 Å². The van der Waals surface area contributed by atoms with Gasteiger partial charge in [-0.25, -0.2) is 0 Å². The molecule has 0 aliphatic rings. The SMILES string of the molecule is CC(N)c1oc2ccccc2c1OC(C)(C)C. The van der Waals surface area contributed by atoms with E-state index in [2.05, 4.69) is 0 Å². The number of benzene rings is 1. The third-order valence-corrected chi connectivity index (χ3v) is 2.40. The first kappa shape index (κ1) is 12.0. The minimum absolute atomic E-state index is 0.181. The molecule has 1 atom stereocenters. The van der Waals surface area contributed by atoms with Crippen LogP contribution in [0.5, 0.6) is 5.75 Å². The van der Waals surface area contributed by atoms with Crippen LogP contribution in [0.4, 0.5) is 0 Å². The maximum atomic E-state index is 5.97. The second kappa shape index (κ2) is 4.08. The summed E-state index contributed by atoms with van der Waals surface area (Å²) in [7, 11) is 0. The highest BCUT2D eigenvalue weighted by atomic mass is 16.5. The van der Waals surface area contributed by atoms with Gasteiger partial charge in [0.1, 0.15) is 11.2 Å². The number of hydrogen-bond acceptors (Lipinski definition) is 3. The summed E-state index contributed by atoms with van der Waals surface area (Å²) in [6.07, 6.45) is 0. The van der Waals surface area contributed by atoms with Gasteiger partial charge in [0.15, 0.2) is 11.5 Å². The minimum Gasteiger partial charge on any atom is -0.484 e. The maximum absolute atomic E-state index is 5.97. The average molecular weight is 233 g/mol. The molecular formula is C14H19NO2. The highest BCUT2D eigenvalue weighted by Gasteiger charge is 2.22. The summed E-state index contributed by atoms with van der Waals surface area (Å²) < 4.78 is 11.7. The molecule has 3 nitrogen and oxygen atoms in total. The van der Waals surface area contributed by atoms with Crippen molar-refractivity contribution in [2.75, 3.05) is 0 Å². The molecule has 17 heavy (non-hydrogen) atoms. The van der Waals surface area contributed by atoms with Crippen LogP contribution >= 0.6 is 0 Å². The van der Waals surface area contributed by atoms with Gasteiger partial charge in [-0.05, 0) is 39.8 Å². The van der Waals surface area contributed by atoms with Crippen molar-refractivity contribution in [2.45, 2.75) is 39.3 Å². The highest BCUT2D eigenvalue weighted by molar-refractivity contribution is 5.85. The number of furan rings is 1. The fraction of sp³-hybridized carbons (Fsp3) is 0.429. The van der Waals surface area contributed by atoms with E-state index in [-0.39, 0.29) is 11.6 Å². The van der Waals surface area contributed by atoms with Crippen molar-refractivity contribution >= 4 is 11.0 Å². The van der Waals surface area contributed by atoms with E-state index in [1.54, 1.807) is 0 Å². The second-order valence-electron chi connectivity index (χ2n) is 5.29. The topological polar surface area (TPSA) is 48.4 Å². The zero-order valence-corrected chi connectivity index (χ0v) is 10.8. The number of nitrogens with two attached hydrogens (primary N) is 1. The predicted octanol–water partition coefficient (Wildman–Crippen LogP) is 3.63. The number of rotatable bonds is 2. The molecule has 0 aliphatic heterocycles. The molecule has 2 rings (SSSR count). The van der Waals surface area contributed by atoms with Gasteiger partial charge in [0, 0.05) is 0 Å². The lowest BCUT2D eigenvalue weighted by atomic mass is 10.1. The molecule has 92 valence electrons. The largest absolute Gasteiger partial charge is 0.484 e. The Morgan fingerprint density at radius 2 is 1.88 bits per heavy atom. The van der Waals surface area contributed by atoms with Crippen LogP contribution in [0.25, 0.3) is 11.0 Å². The minimum atomic E-state index is -0.268. The van der Waals surface area contributed by atoms with Crippen molar-refractivity contribution in [3.63, 3.8) is 0 Å². The first-order chi connectivity index (χ1) is 7.88. The molecule has 0 fully saturated rings. The maximum Gasteiger partial charge on any atom is 0.170 e. The van der Waals surface area contributed by atoms with E-state index >= 15 is 0 Å². The van der Waals surface area contributed by atoms with Gasteiger partial charge in [-0.15, -0.1) is 0 Å². The molecule has 0 radical (unpaired) electrons. The van der Waals surface area contributed by atoms with E-state index in [0.29, 0.717) is 5.76 Å². The van der Waals surface area contributed by atoms with Gasteiger partial charge in [-0.3, -0.25) is 0 Å². The Labute approximate surface area is 102 Å². The predicted molar refractivity (Wildman–Crippen MR) is 69.2 cm³/mol. The van der Waals surface area contributed by atoms with Gasteiger partial charge >= 0.3 is 0 Å². The van der Waals surface area contributed by atoms with Gasteiger partial charge < -0.3 is 14.9 Å². The molecule has 0 bridgehead atoms. The summed E-state index contributed by atoms with van der Waals surface area (Å²) in [6.45, 7) is 7.94. The average Bonchev–Trinajstić information content (AvgIpc) is 2.55. The Morgan fingerprint density at radius 3 is 2.47 bits per heavy atom. The fourth-order valence-electron chi connectivity index (χ4n) is 1.75. The summed E-state index contributed by atoms with van der Waals surface area (Å²) in [5, 5.41) is 0.981. The molecule has 2 N–H and O–H groups in total. The van der Waals surface area contributed by atoms with Gasteiger partial charge in [0.2, 0.25) is 0 Å². The molecule has 0 spiro atoms. The highest BCUT2D eigenvalue weighted by Crippen LogP contribution is 2.37. The van der Waals surface area contributed by atoms with Crippen molar-refractivity contribution in [1.82, 2.24) is 0 Å². The van der Waals surface area contributed by atoms with Crippen LogP contribution in [0.1, 0.15) is 39.5 Å². The van der Waals surface area contributed by atoms with Crippen LogP contribution in [0.2, 0.25) is 0 Å². The van der Waals surface area contributed by atoms with Crippen molar-refractivity contribution in [3.05, 3.63) is 30.0 Å². The Bertz CT molecular complexity index is 520. The molecule has 1 unspecified atom stereocenters. The van der Waals surface area contributed by atoms with Crippen molar-refractivity contribution in [1.29, 1.82) is 0 Å². The Hall–Kier alpha value is -1.48. The lowest BCUT2D eigenvalue weighted by molar-refractivity contribution is 0.128. The quantitative estimate of drug-likeness (QED) is 0.861. The third kappa shape index (κ3) is 2.44. The first-order valence-corrected chi connectivity index (χ1v) is 5.84.